The second kappa shape index (κ2) is 10.9. The van der Waals surface area contributed by atoms with Crippen LogP contribution >= 0.6 is 0 Å². The number of aromatic nitrogens is 2. The molecule has 5 heterocycles. The number of hydrogen-bond donors (Lipinski definition) is 0. The Morgan fingerprint density at radius 2 is 1.51 bits per heavy atom. The minimum atomic E-state index is -0.320. The summed E-state index contributed by atoms with van der Waals surface area (Å²) in [6.45, 7) is 4.91. The van der Waals surface area contributed by atoms with Gasteiger partial charge in [-0.2, -0.15) is 0 Å². The van der Waals surface area contributed by atoms with E-state index in [4.69, 9.17) is 9.72 Å². The zero-order chi connectivity index (χ0) is 29.0. The van der Waals surface area contributed by atoms with E-state index < -0.39 is 0 Å². The lowest BCUT2D eigenvalue weighted by Gasteiger charge is -2.45. The van der Waals surface area contributed by atoms with Crippen LogP contribution in [0.4, 0.5) is 0 Å². The van der Waals surface area contributed by atoms with Gasteiger partial charge in [0.05, 0.1) is 11.0 Å². The Balaban J connectivity index is 0.950. The van der Waals surface area contributed by atoms with Crippen molar-refractivity contribution < 1.29 is 9.53 Å². The van der Waals surface area contributed by atoms with Crippen molar-refractivity contribution in [3.05, 3.63) is 102 Å². The number of nitrogens with zero attached hydrogens (tertiary/aromatic N) is 4. The standard InChI is InChI=1S/C37H42N4O2/c1-26-38-32-14-8-9-15-33(32)41(26)31-24-29-16-17-30(25-31)40(29)23-20-37(28-12-6-3-7-13-28)18-21-39(22-19-37)36(42)35-34(43-35)27-10-4-2-5-11-27/h2-15,29-31,34-35H,16-25H2,1H3/t29-,30+,31?,34?,35?. The van der Waals surface area contributed by atoms with Crippen molar-refractivity contribution in [1.29, 1.82) is 0 Å². The molecule has 222 valence electrons. The second-order valence-electron chi connectivity index (χ2n) is 13.4. The van der Waals surface area contributed by atoms with E-state index in [0.717, 1.165) is 55.8 Å². The third-order valence-electron chi connectivity index (χ3n) is 11.1. The fraction of sp³-hybridized carbons (Fsp3) is 0.459. The van der Waals surface area contributed by atoms with Crippen LogP contribution < -0.4 is 0 Å². The summed E-state index contributed by atoms with van der Waals surface area (Å²) in [5, 5.41) is 0. The summed E-state index contributed by atoms with van der Waals surface area (Å²) >= 11 is 0. The van der Waals surface area contributed by atoms with E-state index in [0.29, 0.717) is 18.1 Å². The minimum absolute atomic E-state index is 0.0861. The van der Waals surface area contributed by atoms with Crippen LogP contribution in [0.25, 0.3) is 11.0 Å². The highest BCUT2D eigenvalue weighted by atomic mass is 16.6. The predicted molar refractivity (Wildman–Crippen MR) is 169 cm³/mol. The third-order valence-corrected chi connectivity index (χ3v) is 11.1. The van der Waals surface area contributed by atoms with E-state index in [9.17, 15) is 4.79 Å². The van der Waals surface area contributed by atoms with Crippen LogP contribution in [0, 0.1) is 6.92 Å². The van der Waals surface area contributed by atoms with E-state index in [2.05, 4.69) is 88.0 Å². The lowest BCUT2D eigenvalue weighted by Crippen LogP contribution is -2.49. The summed E-state index contributed by atoms with van der Waals surface area (Å²) in [6, 6.07) is 31.7. The molecular weight excluding hydrogens is 532 g/mol. The molecule has 3 aromatic carbocycles. The van der Waals surface area contributed by atoms with Crippen LogP contribution in [0.3, 0.4) is 0 Å². The molecule has 4 fully saturated rings. The third kappa shape index (κ3) is 4.89. The maximum Gasteiger partial charge on any atom is 0.254 e. The predicted octanol–water partition coefficient (Wildman–Crippen LogP) is 6.60. The smallest absolute Gasteiger partial charge is 0.254 e. The van der Waals surface area contributed by atoms with Gasteiger partial charge in [-0.1, -0.05) is 72.8 Å². The maximum absolute atomic E-state index is 13.4. The molecule has 5 atom stereocenters. The molecule has 0 spiro atoms. The molecule has 4 aromatic rings. The number of carbonyl (C=O) groups is 1. The topological polar surface area (TPSA) is 53.9 Å². The van der Waals surface area contributed by atoms with Crippen LogP contribution in [-0.2, 0) is 14.9 Å². The number of imidazole rings is 1. The number of para-hydroxylation sites is 2. The van der Waals surface area contributed by atoms with E-state index in [-0.39, 0.29) is 23.5 Å². The molecule has 0 N–H and O–H groups in total. The Bertz CT molecular complexity index is 1580. The fourth-order valence-corrected chi connectivity index (χ4v) is 8.80. The highest BCUT2D eigenvalue weighted by molar-refractivity contribution is 5.84. The van der Waals surface area contributed by atoms with E-state index in [1.54, 1.807) is 0 Å². The molecule has 4 aliphatic rings. The summed E-state index contributed by atoms with van der Waals surface area (Å²) < 4.78 is 8.40. The van der Waals surface area contributed by atoms with Gasteiger partial charge in [0.15, 0.2) is 6.10 Å². The minimum Gasteiger partial charge on any atom is -0.354 e. The quantitative estimate of drug-likeness (QED) is 0.233. The monoisotopic (exact) mass is 574 g/mol. The number of amides is 1. The van der Waals surface area contributed by atoms with Crippen molar-refractivity contribution in [1.82, 2.24) is 19.4 Å². The Hall–Kier alpha value is -3.48. The van der Waals surface area contributed by atoms with Crippen LogP contribution in [0.1, 0.15) is 74.0 Å². The maximum atomic E-state index is 13.4. The van der Waals surface area contributed by atoms with Crippen molar-refractivity contribution in [2.24, 2.45) is 0 Å². The molecule has 0 radical (unpaired) electrons. The first-order valence-corrected chi connectivity index (χ1v) is 16.3. The molecule has 4 aliphatic heterocycles. The first-order chi connectivity index (χ1) is 21.1. The number of piperidine rings is 2. The second-order valence-corrected chi connectivity index (χ2v) is 13.4. The fourth-order valence-electron chi connectivity index (χ4n) is 8.80. The summed E-state index contributed by atoms with van der Waals surface area (Å²) in [5.41, 5.74) is 5.05. The van der Waals surface area contributed by atoms with Crippen molar-refractivity contribution in [2.45, 2.75) is 87.6 Å². The van der Waals surface area contributed by atoms with E-state index in [1.165, 1.54) is 36.8 Å². The van der Waals surface area contributed by atoms with Gasteiger partial charge in [-0.25, -0.2) is 4.98 Å². The first-order valence-electron chi connectivity index (χ1n) is 16.3. The van der Waals surface area contributed by atoms with Gasteiger partial charge in [0, 0.05) is 31.2 Å². The van der Waals surface area contributed by atoms with Gasteiger partial charge in [-0.05, 0) is 87.1 Å². The lowest BCUT2D eigenvalue weighted by atomic mass is 9.70. The average molecular weight is 575 g/mol. The molecule has 6 heteroatoms. The van der Waals surface area contributed by atoms with Crippen molar-refractivity contribution >= 4 is 16.9 Å². The molecule has 1 amide bonds. The van der Waals surface area contributed by atoms with Gasteiger partial charge >= 0.3 is 0 Å². The summed E-state index contributed by atoms with van der Waals surface area (Å²) in [7, 11) is 0. The number of epoxide rings is 1. The molecule has 6 nitrogen and oxygen atoms in total. The van der Waals surface area contributed by atoms with Crippen LogP contribution in [0.2, 0.25) is 0 Å². The van der Waals surface area contributed by atoms with Crippen molar-refractivity contribution in [3.63, 3.8) is 0 Å². The number of hydrogen-bond acceptors (Lipinski definition) is 4. The number of fused-ring (bicyclic) bond motifs is 3. The normalized spacial score (nSPS) is 28.3. The van der Waals surface area contributed by atoms with Gasteiger partial charge in [0.2, 0.25) is 0 Å². The molecule has 0 saturated carbocycles. The highest BCUT2D eigenvalue weighted by Gasteiger charge is 2.50. The molecule has 0 aliphatic carbocycles. The van der Waals surface area contributed by atoms with Gasteiger partial charge in [-0.15, -0.1) is 0 Å². The lowest BCUT2D eigenvalue weighted by molar-refractivity contribution is -0.134. The van der Waals surface area contributed by atoms with E-state index >= 15 is 0 Å². The Morgan fingerprint density at radius 1 is 0.860 bits per heavy atom. The van der Waals surface area contributed by atoms with Gasteiger partial charge < -0.3 is 14.2 Å². The van der Waals surface area contributed by atoms with Gasteiger partial charge in [-0.3, -0.25) is 9.69 Å². The van der Waals surface area contributed by atoms with Crippen molar-refractivity contribution in [3.8, 4) is 0 Å². The van der Waals surface area contributed by atoms with Gasteiger partial charge in [0.25, 0.3) is 5.91 Å². The Labute approximate surface area is 254 Å². The number of rotatable bonds is 7. The zero-order valence-corrected chi connectivity index (χ0v) is 25.1. The molecule has 3 unspecified atom stereocenters. The molecule has 43 heavy (non-hydrogen) atoms. The largest absolute Gasteiger partial charge is 0.354 e. The number of benzene rings is 3. The van der Waals surface area contributed by atoms with E-state index in [1.807, 2.05) is 18.2 Å². The van der Waals surface area contributed by atoms with Crippen LogP contribution in [0.5, 0.6) is 0 Å². The molecule has 1 aromatic heterocycles. The SMILES string of the molecule is Cc1nc2ccccc2n1C1C[C@H]2CC[C@@H](C1)N2CCC1(c2ccccc2)CCN(C(=O)C2OC2c2ccccc2)CC1. The Kier molecular flexibility index (Phi) is 6.87. The summed E-state index contributed by atoms with van der Waals surface area (Å²) in [5.74, 6) is 1.31. The molecule has 8 rings (SSSR count). The van der Waals surface area contributed by atoms with Crippen molar-refractivity contribution in [2.75, 3.05) is 19.6 Å². The first kappa shape index (κ1) is 27.1. The molecule has 2 bridgehead atoms. The summed E-state index contributed by atoms with van der Waals surface area (Å²) in [4.78, 5) is 23.2. The highest BCUT2D eigenvalue weighted by Crippen LogP contribution is 2.46. The summed E-state index contributed by atoms with van der Waals surface area (Å²) in [6.07, 6.45) is 7.79. The zero-order valence-electron chi connectivity index (χ0n) is 25.1. The van der Waals surface area contributed by atoms with Gasteiger partial charge in [0.1, 0.15) is 11.9 Å². The average Bonchev–Trinajstić information content (AvgIpc) is 3.73. The van der Waals surface area contributed by atoms with Crippen LogP contribution in [-0.4, -0.2) is 63.1 Å². The number of aryl methyl sites for hydroxylation is 1. The Morgan fingerprint density at radius 3 is 2.23 bits per heavy atom. The molecule has 4 saturated heterocycles. The van der Waals surface area contributed by atoms with Crippen LogP contribution in [0.15, 0.2) is 84.9 Å². The number of likely N-dealkylation sites (tertiary alicyclic amines) is 1. The number of carbonyl (C=O) groups excluding carboxylic acids is 1. The number of ether oxygens (including phenoxy) is 1. The molecular formula is C37H42N4O2.